The van der Waals surface area contributed by atoms with E-state index in [9.17, 15) is 9.90 Å². The van der Waals surface area contributed by atoms with Crippen molar-refractivity contribution in [1.29, 1.82) is 0 Å². The lowest BCUT2D eigenvalue weighted by molar-refractivity contribution is 0.0698. The van der Waals surface area contributed by atoms with Crippen LogP contribution in [0.3, 0.4) is 0 Å². The maximum absolute atomic E-state index is 12.4. The van der Waals surface area contributed by atoms with Crippen LogP contribution in [-0.4, -0.2) is 28.0 Å². The zero-order chi connectivity index (χ0) is 20.4. The van der Waals surface area contributed by atoms with Crippen LogP contribution in [0.25, 0.3) is 28.2 Å². The molecule has 5 nitrogen and oxygen atoms in total. The molecule has 3 aromatic carbocycles. The van der Waals surface area contributed by atoms with Gasteiger partial charge in [0.25, 0.3) is 0 Å². The molecule has 0 saturated heterocycles. The molecule has 0 fully saturated rings. The van der Waals surface area contributed by atoms with Crippen molar-refractivity contribution in [1.82, 2.24) is 9.78 Å². The van der Waals surface area contributed by atoms with E-state index in [0.29, 0.717) is 22.7 Å². The molecule has 0 bridgehead atoms. The molecule has 144 valence electrons. The first-order chi connectivity index (χ1) is 14.1. The van der Waals surface area contributed by atoms with E-state index in [2.05, 4.69) is 15.9 Å². The van der Waals surface area contributed by atoms with Gasteiger partial charge in [-0.05, 0) is 36.4 Å². The van der Waals surface area contributed by atoms with Crippen LogP contribution in [0.2, 0.25) is 0 Å². The van der Waals surface area contributed by atoms with Gasteiger partial charge in [-0.25, -0.2) is 9.48 Å². The topological polar surface area (TPSA) is 64.4 Å². The summed E-state index contributed by atoms with van der Waals surface area (Å²) in [6.45, 7) is 0. The Morgan fingerprint density at radius 2 is 1.66 bits per heavy atom. The number of carboxylic acids is 1. The van der Waals surface area contributed by atoms with E-state index in [1.165, 1.54) is 0 Å². The molecule has 1 aromatic heterocycles. The van der Waals surface area contributed by atoms with Crippen LogP contribution in [-0.2, 0) is 0 Å². The third-order valence-electron chi connectivity index (χ3n) is 4.56. The second-order valence-electron chi connectivity index (χ2n) is 6.36. The maximum Gasteiger partial charge on any atom is 0.340 e. The van der Waals surface area contributed by atoms with Crippen molar-refractivity contribution < 1.29 is 14.6 Å². The van der Waals surface area contributed by atoms with Crippen LogP contribution in [0.4, 0.5) is 0 Å². The zero-order valence-electron chi connectivity index (χ0n) is 15.5. The minimum Gasteiger partial charge on any atom is -0.497 e. The summed E-state index contributed by atoms with van der Waals surface area (Å²) in [5.74, 6) is -0.400. The lowest BCUT2D eigenvalue weighted by Gasteiger charge is -2.09. The summed E-state index contributed by atoms with van der Waals surface area (Å²) in [5, 5.41) is 14.8. The number of carboxylic acid groups (broad SMARTS) is 1. The van der Waals surface area contributed by atoms with E-state index < -0.39 is 5.97 Å². The molecule has 0 radical (unpaired) electrons. The minimum absolute atomic E-state index is 0.146. The number of hydrogen-bond acceptors (Lipinski definition) is 3. The third kappa shape index (κ3) is 3.67. The van der Waals surface area contributed by atoms with E-state index in [1.54, 1.807) is 17.9 Å². The monoisotopic (exact) mass is 448 g/mol. The first kappa shape index (κ1) is 19.0. The van der Waals surface area contributed by atoms with Gasteiger partial charge in [0.2, 0.25) is 0 Å². The van der Waals surface area contributed by atoms with E-state index >= 15 is 0 Å². The number of methoxy groups -OCH3 is 1. The third-order valence-corrected chi connectivity index (χ3v) is 5.09. The molecule has 0 saturated carbocycles. The van der Waals surface area contributed by atoms with Gasteiger partial charge in [0.1, 0.15) is 17.0 Å². The van der Waals surface area contributed by atoms with Gasteiger partial charge in [0, 0.05) is 15.6 Å². The number of hydrogen-bond donors (Lipinski definition) is 1. The first-order valence-electron chi connectivity index (χ1n) is 8.90. The number of rotatable bonds is 5. The van der Waals surface area contributed by atoms with Crippen LogP contribution < -0.4 is 4.74 Å². The summed E-state index contributed by atoms with van der Waals surface area (Å²) in [7, 11) is 1.58. The van der Waals surface area contributed by atoms with E-state index in [1.807, 2.05) is 72.8 Å². The molecule has 0 spiro atoms. The molecule has 4 aromatic rings. The van der Waals surface area contributed by atoms with Crippen molar-refractivity contribution in [2.45, 2.75) is 0 Å². The highest BCUT2D eigenvalue weighted by molar-refractivity contribution is 9.10. The van der Waals surface area contributed by atoms with Crippen LogP contribution in [0.1, 0.15) is 10.4 Å². The predicted molar refractivity (Wildman–Crippen MR) is 116 cm³/mol. The highest BCUT2D eigenvalue weighted by Crippen LogP contribution is 2.35. The van der Waals surface area contributed by atoms with Crippen LogP contribution in [0.5, 0.6) is 5.75 Å². The Balaban J connectivity index is 2.04. The van der Waals surface area contributed by atoms with Gasteiger partial charge in [-0.1, -0.05) is 58.4 Å². The second-order valence-corrected chi connectivity index (χ2v) is 7.28. The molecule has 29 heavy (non-hydrogen) atoms. The number of benzene rings is 3. The molecular formula is C23H17BrN2O3. The fourth-order valence-electron chi connectivity index (χ4n) is 3.22. The number of ether oxygens (including phenoxy) is 1. The molecule has 0 atom stereocenters. The maximum atomic E-state index is 12.4. The number of carbonyl (C=O) groups is 1. The van der Waals surface area contributed by atoms with E-state index in [4.69, 9.17) is 9.84 Å². The highest BCUT2D eigenvalue weighted by Gasteiger charge is 2.26. The Hall–Kier alpha value is -3.38. The molecule has 0 aliphatic heterocycles. The molecule has 0 unspecified atom stereocenters. The Bertz CT molecular complexity index is 1170. The molecular weight excluding hydrogens is 432 g/mol. The van der Waals surface area contributed by atoms with E-state index in [-0.39, 0.29) is 5.56 Å². The average Bonchev–Trinajstić information content (AvgIpc) is 3.16. The summed E-state index contributed by atoms with van der Waals surface area (Å²) in [6.07, 6.45) is 0. The number of nitrogens with zero attached hydrogens (tertiary/aromatic N) is 2. The Morgan fingerprint density at radius 1 is 0.966 bits per heavy atom. The quantitative estimate of drug-likeness (QED) is 0.426. The van der Waals surface area contributed by atoms with E-state index in [0.717, 1.165) is 15.7 Å². The Labute approximate surface area is 176 Å². The van der Waals surface area contributed by atoms with Crippen molar-refractivity contribution in [3.63, 3.8) is 0 Å². The first-order valence-corrected chi connectivity index (χ1v) is 9.70. The van der Waals surface area contributed by atoms with Gasteiger partial charge in [-0.3, -0.25) is 0 Å². The normalized spacial score (nSPS) is 10.7. The fourth-order valence-corrected chi connectivity index (χ4v) is 3.49. The van der Waals surface area contributed by atoms with Crippen molar-refractivity contribution in [2.24, 2.45) is 0 Å². The van der Waals surface area contributed by atoms with Gasteiger partial charge >= 0.3 is 5.97 Å². The van der Waals surface area contributed by atoms with Gasteiger partial charge in [0.15, 0.2) is 0 Å². The smallest absolute Gasteiger partial charge is 0.340 e. The average molecular weight is 449 g/mol. The Morgan fingerprint density at radius 3 is 2.31 bits per heavy atom. The van der Waals surface area contributed by atoms with Crippen molar-refractivity contribution in [2.75, 3.05) is 7.11 Å². The molecule has 0 amide bonds. The molecule has 1 heterocycles. The Kier molecular flexibility index (Phi) is 5.18. The van der Waals surface area contributed by atoms with Crippen molar-refractivity contribution in [3.05, 3.63) is 88.9 Å². The lowest BCUT2D eigenvalue weighted by Crippen LogP contribution is -2.03. The summed E-state index contributed by atoms with van der Waals surface area (Å²) >= 11 is 3.44. The van der Waals surface area contributed by atoms with Crippen molar-refractivity contribution in [3.8, 4) is 34.0 Å². The predicted octanol–water partition coefficient (Wildman–Crippen LogP) is 5.68. The molecule has 0 aliphatic rings. The molecule has 0 aliphatic carbocycles. The molecule has 1 N–H and O–H groups in total. The van der Waals surface area contributed by atoms with Crippen LogP contribution in [0.15, 0.2) is 83.3 Å². The van der Waals surface area contributed by atoms with Crippen LogP contribution >= 0.6 is 15.9 Å². The van der Waals surface area contributed by atoms with Gasteiger partial charge in [0.05, 0.1) is 18.5 Å². The number of halogens is 1. The molecule has 6 heteroatoms. The number of aromatic nitrogens is 2. The fraction of sp³-hybridized carbons (Fsp3) is 0.0435. The lowest BCUT2D eigenvalue weighted by atomic mass is 10.0. The summed E-state index contributed by atoms with van der Waals surface area (Å²) < 4.78 is 7.92. The summed E-state index contributed by atoms with van der Waals surface area (Å²) in [6, 6.07) is 24.3. The second kappa shape index (κ2) is 7.93. The SMILES string of the molecule is COc1cccc(-c2nn(-c3ccc(Br)cc3)c(-c3ccccc3)c2C(=O)O)c1. The van der Waals surface area contributed by atoms with Gasteiger partial charge in [-0.2, -0.15) is 5.10 Å². The molecule has 4 rings (SSSR count). The largest absolute Gasteiger partial charge is 0.497 e. The highest BCUT2D eigenvalue weighted by atomic mass is 79.9. The standard InChI is InChI=1S/C23H17BrN2O3/c1-29-19-9-5-8-16(14-19)21-20(23(27)28)22(15-6-3-2-4-7-15)26(25-21)18-12-10-17(24)11-13-18/h2-14H,1H3,(H,27,28). The van der Waals surface area contributed by atoms with Crippen molar-refractivity contribution >= 4 is 21.9 Å². The van der Waals surface area contributed by atoms with Gasteiger partial charge < -0.3 is 9.84 Å². The minimum atomic E-state index is -1.04. The van der Waals surface area contributed by atoms with Crippen LogP contribution in [0, 0.1) is 0 Å². The summed E-state index contributed by atoms with van der Waals surface area (Å²) in [5.41, 5.74) is 3.27. The zero-order valence-corrected chi connectivity index (χ0v) is 17.1. The van der Waals surface area contributed by atoms with Gasteiger partial charge in [-0.15, -0.1) is 0 Å². The summed E-state index contributed by atoms with van der Waals surface area (Å²) in [4.78, 5) is 12.4. The number of aromatic carboxylic acids is 1.